The Morgan fingerprint density at radius 1 is 1.11 bits per heavy atom. The zero-order valence-electron chi connectivity index (χ0n) is 15.0. The van der Waals surface area contributed by atoms with E-state index < -0.39 is 0 Å². The van der Waals surface area contributed by atoms with Gasteiger partial charge in [0, 0.05) is 18.0 Å². The highest BCUT2D eigenvalue weighted by Gasteiger charge is 2.16. The van der Waals surface area contributed by atoms with Gasteiger partial charge in [-0.3, -0.25) is 4.79 Å². The molecule has 3 N–H and O–H groups in total. The number of rotatable bonds is 7. The fourth-order valence-electron chi connectivity index (χ4n) is 3.08. The van der Waals surface area contributed by atoms with Crippen molar-refractivity contribution >= 4 is 53.7 Å². The van der Waals surface area contributed by atoms with Gasteiger partial charge in [-0.1, -0.05) is 41.9 Å². The lowest BCUT2D eigenvalue weighted by molar-refractivity contribution is -0.116. The van der Waals surface area contributed by atoms with E-state index >= 15 is 0 Å². The fourth-order valence-corrected chi connectivity index (χ4v) is 3.25. The third-order valence-electron chi connectivity index (χ3n) is 4.52. The second-order valence-corrected chi connectivity index (χ2v) is 6.91. The molecule has 7 heteroatoms. The van der Waals surface area contributed by atoms with E-state index in [1.165, 1.54) is 5.56 Å². The third-order valence-corrected chi connectivity index (χ3v) is 4.76. The highest BCUT2D eigenvalue weighted by molar-refractivity contribution is 6.31. The summed E-state index contributed by atoms with van der Waals surface area (Å²) in [6.07, 6.45) is 2.62. The van der Waals surface area contributed by atoms with Crippen LogP contribution in [0.3, 0.4) is 0 Å². The molecule has 1 unspecified atom stereocenters. The highest BCUT2D eigenvalue weighted by Crippen LogP contribution is 2.27. The van der Waals surface area contributed by atoms with Crippen molar-refractivity contribution in [2.45, 2.75) is 25.8 Å². The molecule has 2 aromatic carbocycles. The molecule has 0 saturated carbocycles. The Bertz CT molecular complexity index is 707. The summed E-state index contributed by atoms with van der Waals surface area (Å²) in [7, 11) is 0. The van der Waals surface area contributed by atoms with Gasteiger partial charge in [0.05, 0.1) is 11.4 Å². The van der Waals surface area contributed by atoms with Crippen LogP contribution in [0.25, 0.3) is 0 Å². The Balaban J connectivity index is 0.00000182. The number of nitrogens with one attached hydrogen (secondary N) is 3. The van der Waals surface area contributed by atoms with Gasteiger partial charge in [0.25, 0.3) is 0 Å². The van der Waals surface area contributed by atoms with E-state index in [1.54, 1.807) is 6.07 Å². The van der Waals surface area contributed by atoms with Crippen LogP contribution in [0.15, 0.2) is 48.5 Å². The van der Waals surface area contributed by atoms with Crippen LogP contribution < -0.4 is 16.0 Å². The van der Waals surface area contributed by atoms with Crippen molar-refractivity contribution in [2.24, 2.45) is 5.92 Å². The molecular weight excluding hydrogens is 405 g/mol. The van der Waals surface area contributed by atoms with Crippen molar-refractivity contribution in [1.29, 1.82) is 0 Å². The van der Waals surface area contributed by atoms with E-state index in [9.17, 15) is 4.79 Å². The maximum atomic E-state index is 12.3. The predicted octanol–water partition coefficient (Wildman–Crippen LogP) is 5.12. The standard InChI is InChI=1S/C20H24ClN3O.2ClH/c21-17-7-8-18(23-14-15-4-2-1-3-5-15)19(12-17)24-20(25)9-6-16-10-11-22-13-16;;/h1-5,7-8,12,16,22-23H,6,9-11,13-14H2,(H,24,25);2*1H. The number of hydrogen-bond acceptors (Lipinski definition) is 3. The minimum absolute atomic E-state index is 0. The molecule has 27 heavy (non-hydrogen) atoms. The summed E-state index contributed by atoms with van der Waals surface area (Å²) in [5.74, 6) is 0.651. The van der Waals surface area contributed by atoms with Crippen molar-refractivity contribution < 1.29 is 4.79 Å². The second kappa shape index (κ2) is 12.1. The summed E-state index contributed by atoms with van der Waals surface area (Å²) in [5.41, 5.74) is 2.80. The Morgan fingerprint density at radius 2 is 1.89 bits per heavy atom. The molecule has 2 aromatic rings. The Labute approximate surface area is 178 Å². The lowest BCUT2D eigenvalue weighted by Gasteiger charge is -2.14. The average Bonchev–Trinajstić information content (AvgIpc) is 3.14. The number of benzene rings is 2. The molecule has 1 saturated heterocycles. The molecule has 4 nitrogen and oxygen atoms in total. The molecule has 0 spiro atoms. The maximum absolute atomic E-state index is 12.3. The summed E-state index contributed by atoms with van der Waals surface area (Å²) in [6, 6.07) is 15.7. The largest absolute Gasteiger partial charge is 0.379 e. The number of halogens is 3. The van der Waals surface area contributed by atoms with E-state index in [2.05, 4.69) is 28.1 Å². The first-order valence-corrected chi connectivity index (χ1v) is 9.16. The van der Waals surface area contributed by atoms with Crippen LogP contribution in [-0.2, 0) is 11.3 Å². The molecule has 1 amide bonds. The molecule has 1 aliphatic heterocycles. The molecule has 1 fully saturated rings. The molecule has 1 heterocycles. The number of carbonyl (C=O) groups excluding carboxylic acids is 1. The monoisotopic (exact) mass is 429 g/mol. The van der Waals surface area contributed by atoms with Crippen LogP contribution in [-0.4, -0.2) is 19.0 Å². The van der Waals surface area contributed by atoms with Gasteiger partial charge in [0.15, 0.2) is 0 Å². The van der Waals surface area contributed by atoms with Crippen molar-refractivity contribution in [2.75, 3.05) is 23.7 Å². The van der Waals surface area contributed by atoms with Crippen LogP contribution in [0, 0.1) is 5.92 Å². The summed E-state index contributed by atoms with van der Waals surface area (Å²) < 4.78 is 0. The van der Waals surface area contributed by atoms with Crippen molar-refractivity contribution in [3.05, 3.63) is 59.1 Å². The number of carbonyl (C=O) groups is 1. The van der Waals surface area contributed by atoms with E-state index in [0.717, 1.165) is 37.3 Å². The molecule has 0 radical (unpaired) electrons. The quantitative estimate of drug-likeness (QED) is 0.571. The van der Waals surface area contributed by atoms with Crippen molar-refractivity contribution in [1.82, 2.24) is 5.32 Å². The second-order valence-electron chi connectivity index (χ2n) is 6.47. The van der Waals surface area contributed by atoms with Crippen LogP contribution in [0.4, 0.5) is 11.4 Å². The molecule has 0 aromatic heterocycles. The van der Waals surface area contributed by atoms with E-state index in [-0.39, 0.29) is 30.7 Å². The fraction of sp³-hybridized carbons (Fsp3) is 0.350. The van der Waals surface area contributed by atoms with Gasteiger partial charge in [0.1, 0.15) is 0 Å². The average molecular weight is 431 g/mol. The number of anilines is 2. The highest BCUT2D eigenvalue weighted by atomic mass is 35.5. The maximum Gasteiger partial charge on any atom is 0.224 e. The van der Waals surface area contributed by atoms with Gasteiger partial charge < -0.3 is 16.0 Å². The van der Waals surface area contributed by atoms with Gasteiger partial charge in [0.2, 0.25) is 5.91 Å². The lowest BCUT2D eigenvalue weighted by Crippen LogP contribution is -2.16. The summed E-state index contributed by atoms with van der Waals surface area (Å²) >= 11 is 6.11. The normalized spacial score (nSPS) is 15.4. The molecule has 3 rings (SSSR count). The number of hydrogen-bond donors (Lipinski definition) is 3. The van der Waals surface area contributed by atoms with Crippen LogP contribution in [0.2, 0.25) is 5.02 Å². The molecule has 148 valence electrons. The van der Waals surface area contributed by atoms with Crippen molar-refractivity contribution in [3.63, 3.8) is 0 Å². The molecule has 0 aliphatic carbocycles. The SMILES string of the molecule is Cl.Cl.O=C(CCC1CCNC1)Nc1cc(Cl)ccc1NCc1ccccc1. The lowest BCUT2D eigenvalue weighted by atomic mass is 10.0. The molecular formula is C20H26Cl3N3O. The first kappa shape index (κ1) is 23.6. The van der Waals surface area contributed by atoms with Gasteiger partial charge in [-0.15, -0.1) is 24.8 Å². The summed E-state index contributed by atoms with van der Waals surface area (Å²) in [4.78, 5) is 12.3. The minimum atomic E-state index is 0. The van der Waals surface area contributed by atoms with Gasteiger partial charge in [-0.05, 0) is 55.6 Å². The Morgan fingerprint density at radius 3 is 2.59 bits per heavy atom. The first-order chi connectivity index (χ1) is 12.2. The van der Waals surface area contributed by atoms with Crippen LogP contribution in [0.1, 0.15) is 24.8 Å². The zero-order valence-corrected chi connectivity index (χ0v) is 17.4. The summed E-state index contributed by atoms with van der Waals surface area (Å²) in [5, 5.41) is 10.3. The number of amides is 1. The Kier molecular flexibility index (Phi) is 10.6. The third kappa shape index (κ3) is 7.59. The van der Waals surface area contributed by atoms with E-state index in [0.29, 0.717) is 23.9 Å². The van der Waals surface area contributed by atoms with Gasteiger partial charge in [-0.25, -0.2) is 0 Å². The zero-order chi connectivity index (χ0) is 17.5. The first-order valence-electron chi connectivity index (χ1n) is 8.78. The summed E-state index contributed by atoms with van der Waals surface area (Å²) in [6.45, 7) is 2.78. The smallest absolute Gasteiger partial charge is 0.224 e. The van der Waals surface area contributed by atoms with Gasteiger partial charge in [-0.2, -0.15) is 0 Å². The van der Waals surface area contributed by atoms with Gasteiger partial charge >= 0.3 is 0 Å². The molecule has 0 bridgehead atoms. The van der Waals surface area contributed by atoms with Crippen molar-refractivity contribution in [3.8, 4) is 0 Å². The van der Waals surface area contributed by atoms with Crippen LogP contribution in [0.5, 0.6) is 0 Å². The topological polar surface area (TPSA) is 53.2 Å². The van der Waals surface area contributed by atoms with E-state index in [1.807, 2.05) is 30.3 Å². The molecule has 1 atom stereocenters. The minimum Gasteiger partial charge on any atom is -0.379 e. The molecule has 1 aliphatic rings. The predicted molar refractivity (Wildman–Crippen MR) is 119 cm³/mol. The Hall–Kier alpha value is -1.46. The van der Waals surface area contributed by atoms with Crippen LogP contribution >= 0.6 is 36.4 Å². The van der Waals surface area contributed by atoms with E-state index in [4.69, 9.17) is 11.6 Å².